The van der Waals surface area contributed by atoms with Crippen molar-refractivity contribution in [2.75, 3.05) is 31.1 Å². The summed E-state index contributed by atoms with van der Waals surface area (Å²) in [6.07, 6.45) is 3.77. The van der Waals surface area contributed by atoms with Crippen LogP contribution in [0.5, 0.6) is 0 Å². The van der Waals surface area contributed by atoms with Gasteiger partial charge in [0.15, 0.2) is 5.65 Å². The van der Waals surface area contributed by atoms with Crippen molar-refractivity contribution in [3.8, 4) is 0 Å². The summed E-state index contributed by atoms with van der Waals surface area (Å²) in [6.45, 7) is 1.90. The molecule has 1 saturated heterocycles. The molecule has 2 amide bonds. The van der Waals surface area contributed by atoms with E-state index in [-0.39, 0.29) is 37.2 Å². The van der Waals surface area contributed by atoms with E-state index in [1.165, 1.54) is 29.2 Å². The average molecular weight is 424 g/mol. The van der Waals surface area contributed by atoms with Crippen LogP contribution in [-0.4, -0.2) is 57.5 Å². The molecule has 2 aromatic heterocycles. The predicted octanol–water partition coefficient (Wildman–Crippen LogP) is 1.96. The van der Waals surface area contributed by atoms with Gasteiger partial charge in [-0.2, -0.15) is 0 Å². The molecular formula is C22H25FN6O2. The number of rotatable bonds is 7. The Hall–Kier alpha value is -3.33. The number of benzene rings is 1. The summed E-state index contributed by atoms with van der Waals surface area (Å²) in [4.78, 5) is 27.9. The fraction of sp³-hybridized carbons (Fsp3) is 0.364. The van der Waals surface area contributed by atoms with E-state index >= 15 is 0 Å². The summed E-state index contributed by atoms with van der Waals surface area (Å²) < 4.78 is 15.3. The van der Waals surface area contributed by atoms with Gasteiger partial charge in [-0.15, -0.1) is 10.2 Å². The molecule has 0 bridgehead atoms. The van der Waals surface area contributed by atoms with Crippen LogP contribution in [0.1, 0.15) is 31.0 Å². The second-order valence-electron chi connectivity index (χ2n) is 7.78. The quantitative estimate of drug-likeness (QED) is 0.625. The van der Waals surface area contributed by atoms with Gasteiger partial charge in [-0.1, -0.05) is 6.07 Å². The Labute approximate surface area is 179 Å². The summed E-state index contributed by atoms with van der Waals surface area (Å²) in [5.74, 6) is 0.234. The van der Waals surface area contributed by atoms with Crippen LogP contribution in [-0.2, 0) is 9.59 Å². The number of hydrogen-bond donors (Lipinski definition) is 1. The fourth-order valence-electron chi connectivity index (χ4n) is 4.01. The number of carbonyl (C=O) groups is 2. The molecule has 0 unspecified atom stereocenters. The first-order valence-electron chi connectivity index (χ1n) is 10.4. The number of nitrogens with zero attached hydrogens (tertiary/aromatic N) is 5. The van der Waals surface area contributed by atoms with Crippen molar-refractivity contribution in [2.24, 2.45) is 5.73 Å². The first kappa shape index (κ1) is 20.9. The molecule has 31 heavy (non-hydrogen) atoms. The van der Waals surface area contributed by atoms with Crippen LogP contribution in [0.3, 0.4) is 0 Å². The van der Waals surface area contributed by atoms with Crippen molar-refractivity contribution in [2.45, 2.75) is 25.2 Å². The third-order valence-electron chi connectivity index (χ3n) is 5.67. The summed E-state index contributed by atoms with van der Waals surface area (Å²) >= 11 is 0. The van der Waals surface area contributed by atoms with Crippen molar-refractivity contribution < 1.29 is 14.0 Å². The van der Waals surface area contributed by atoms with Crippen LogP contribution in [0.4, 0.5) is 10.1 Å². The number of hydrogen-bond acceptors (Lipinski definition) is 5. The highest BCUT2D eigenvalue weighted by Gasteiger charge is 2.27. The van der Waals surface area contributed by atoms with Crippen LogP contribution < -0.4 is 10.6 Å². The van der Waals surface area contributed by atoms with Gasteiger partial charge < -0.3 is 10.6 Å². The van der Waals surface area contributed by atoms with Crippen LogP contribution in [0.15, 0.2) is 48.7 Å². The highest BCUT2D eigenvalue weighted by atomic mass is 19.1. The lowest BCUT2D eigenvalue weighted by Gasteiger charge is -2.32. The number of anilines is 1. The Bertz CT molecular complexity index is 1060. The monoisotopic (exact) mass is 424 g/mol. The fourth-order valence-corrected chi connectivity index (χ4v) is 4.01. The van der Waals surface area contributed by atoms with Crippen molar-refractivity contribution in [1.29, 1.82) is 0 Å². The Kier molecular flexibility index (Phi) is 6.22. The molecule has 0 saturated carbocycles. The van der Waals surface area contributed by atoms with E-state index in [2.05, 4.69) is 15.1 Å². The topological polar surface area (TPSA) is 96.8 Å². The number of pyridine rings is 1. The van der Waals surface area contributed by atoms with E-state index in [1.54, 1.807) is 0 Å². The van der Waals surface area contributed by atoms with Gasteiger partial charge in [-0.05, 0) is 62.3 Å². The smallest absolute Gasteiger partial charge is 0.241 e. The van der Waals surface area contributed by atoms with E-state index in [9.17, 15) is 14.0 Å². The van der Waals surface area contributed by atoms with Crippen LogP contribution in [0.2, 0.25) is 0 Å². The van der Waals surface area contributed by atoms with Crippen molar-refractivity contribution in [3.63, 3.8) is 0 Å². The van der Waals surface area contributed by atoms with Gasteiger partial charge in [-0.25, -0.2) is 4.39 Å². The normalized spacial score (nSPS) is 15.3. The number of piperidine rings is 1. The molecule has 4 rings (SSSR count). The third-order valence-corrected chi connectivity index (χ3v) is 5.67. The van der Waals surface area contributed by atoms with E-state index < -0.39 is 5.91 Å². The largest absolute Gasteiger partial charge is 0.370 e. The molecule has 8 nitrogen and oxygen atoms in total. The summed E-state index contributed by atoms with van der Waals surface area (Å²) in [7, 11) is 0. The number of fused-ring (bicyclic) bond motifs is 1. The number of nitrogens with two attached hydrogens (primary N) is 1. The van der Waals surface area contributed by atoms with Gasteiger partial charge in [0.2, 0.25) is 11.8 Å². The van der Waals surface area contributed by atoms with Gasteiger partial charge in [0.1, 0.15) is 11.6 Å². The standard InChI is InChI=1S/C22H25FN6O2/c23-17-4-6-18(7-5-17)28(14-10-19(24)30)21(31)15-27-12-8-16(9-13-27)22-26-25-20-3-1-2-11-29(20)22/h1-7,11,16H,8-10,12-15H2,(H2,24,30). The lowest BCUT2D eigenvalue weighted by Crippen LogP contribution is -2.44. The maximum Gasteiger partial charge on any atom is 0.241 e. The molecule has 0 aliphatic carbocycles. The molecule has 162 valence electrons. The molecule has 3 aromatic rings. The molecule has 0 spiro atoms. The highest BCUT2D eigenvalue weighted by molar-refractivity contribution is 5.95. The van der Waals surface area contributed by atoms with Crippen molar-refractivity contribution in [1.82, 2.24) is 19.5 Å². The van der Waals surface area contributed by atoms with Gasteiger partial charge in [0.05, 0.1) is 6.54 Å². The van der Waals surface area contributed by atoms with Gasteiger partial charge in [0, 0.05) is 30.8 Å². The van der Waals surface area contributed by atoms with Crippen molar-refractivity contribution in [3.05, 3.63) is 60.3 Å². The predicted molar refractivity (Wildman–Crippen MR) is 114 cm³/mol. The Morgan fingerprint density at radius 3 is 2.55 bits per heavy atom. The Balaban J connectivity index is 1.39. The number of primary amides is 1. The van der Waals surface area contributed by atoms with E-state index in [1.807, 2.05) is 28.8 Å². The zero-order chi connectivity index (χ0) is 21.8. The molecule has 1 aliphatic heterocycles. The molecule has 1 aliphatic rings. The summed E-state index contributed by atoms with van der Waals surface area (Å²) in [5.41, 5.74) is 6.65. The van der Waals surface area contributed by atoms with E-state index in [0.29, 0.717) is 5.69 Å². The lowest BCUT2D eigenvalue weighted by atomic mass is 9.96. The first-order valence-corrected chi connectivity index (χ1v) is 10.4. The molecule has 9 heteroatoms. The number of halogens is 1. The minimum atomic E-state index is -0.485. The number of amides is 2. The molecule has 2 N–H and O–H groups in total. The molecule has 1 aromatic carbocycles. The maximum atomic E-state index is 13.3. The average Bonchev–Trinajstić information content (AvgIpc) is 3.20. The minimum absolute atomic E-state index is 0.0468. The van der Waals surface area contributed by atoms with Crippen LogP contribution in [0.25, 0.3) is 5.65 Å². The second kappa shape index (κ2) is 9.22. The second-order valence-corrected chi connectivity index (χ2v) is 7.78. The Morgan fingerprint density at radius 2 is 1.84 bits per heavy atom. The Morgan fingerprint density at radius 1 is 1.10 bits per heavy atom. The molecular weight excluding hydrogens is 399 g/mol. The third kappa shape index (κ3) is 4.88. The zero-order valence-corrected chi connectivity index (χ0v) is 17.2. The van der Waals surface area contributed by atoms with Crippen molar-refractivity contribution >= 4 is 23.1 Å². The molecule has 1 fully saturated rings. The molecule has 3 heterocycles. The van der Waals surface area contributed by atoms with E-state index in [0.717, 1.165) is 37.4 Å². The van der Waals surface area contributed by atoms with Gasteiger partial charge in [-0.3, -0.25) is 18.9 Å². The SMILES string of the molecule is NC(=O)CCN(C(=O)CN1CCC(c2nnc3ccccn23)CC1)c1ccc(F)cc1. The summed E-state index contributed by atoms with van der Waals surface area (Å²) in [5, 5.41) is 8.60. The molecule has 0 atom stereocenters. The zero-order valence-electron chi connectivity index (χ0n) is 17.2. The summed E-state index contributed by atoms with van der Waals surface area (Å²) in [6, 6.07) is 11.5. The first-order chi connectivity index (χ1) is 15.0. The van der Waals surface area contributed by atoms with Crippen LogP contribution in [0, 0.1) is 5.82 Å². The van der Waals surface area contributed by atoms with Crippen LogP contribution >= 0.6 is 0 Å². The molecule has 0 radical (unpaired) electrons. The maximum absolute atomic E-state index is 13.3. The van der Waals surface area contributed by atoms with E-state index in [4.69, 9.17) is 5.73 Å². The minimum Gasteiger partial charge on any atom is -0.370 e. The highest BCUT2D eigenvalue weighted by Crippen LogP contribution is 2.27. The number of likely N-dealkylation sites (tertiary alicyclic amines) is 1. The van der Waals surface area contributed by atoms with Gasteiger partial charge >= 0.3 is 0 Å². The lowest BCUT2D eigenvalue weighted by molar-refractivity contribution is -0.120. The number of aromatic nitrogens is 3. The number of carbonyl (C=O) groups excluding carboxylic acids is 2. The van der Waals surface area contributed by atoms with Gasteiger partial charge in [0.25, 0.3) is 0 Å².